The second-order valence-corrected chi connectivity index (χ2v) is 8.21. The lowest BCUT2D eigenvalue weighted by Crippen LogP contribution is -2.07. The molecule has 1 N–H and O–H groups in total. The highest BCUT2D eigenvalue weighted by molar-refractivity contribution is 7.90. The quantitative estimate of drug-likeness (QED) is 0.427. The van der Waals surface area contributed by atoms with Gasteiger partial charge in [-0.1, -0.05) is 5.16 Å². The van der Waals surface area contributed by atoms with Crippen molar-refractivity contribution in [2.75, 3.05) is 12.9 Å². The number of alkyl halides is 3. The van der Waals surface area contributed by atoms with Crippen LogP contribution in [0.2, 0.25) is 0 Å². The minimum Gasteiger partial charge on any atom is -0.479 e. The molecule has 31 heavy (non-hydrogen) atoms. The maximum absolute atomic E-state index is 13.2. The summed E-state index contributed by atoms with van der Waals surface area (Å²) < 4.78 is 69.3. The van der Waals surface area contributed by atoms with Crippen LogP contribution in [0.3, 0.4) is 0 Å². The van der Waals surface area contributed by atoms with E-state index in [2.05, 4.69) is 15.1 Å². The summed E-state index contributed by atoms with van der Waals surface area (Å²) >= 11 is 0. The van der Waals surface area contributed by atoms with Crippen molar-refractivity contribution in [3.8, 4) is 17.1 Å². The van der Waals surface area contributed by atoms with Crippen LogP contribution in [0.15, 0.2) is 56.9 Å². The molecule has 0 aliphatic heterocycles. The van der Waals surface area contributed by atoms with Crippen molar-refractivity contribution in [3.05, 3.63) is 53.9 Å². The number of hydrogen-bond donors (Lipinski definition) is 1. The zero-order valence-electron chi connectivity index (χ0n) is 15.7. The minimum atomic E-state index is -4.73. The Morgan fingerprint density at radius 2 is 1.94 bits per heavy atom. The maximum atomic E-state index is 13.2. The topological polar surface area (TPSA) is 124 Å². The Morgan fingerprint density at radius 1 is 1.26 bits per heavy atom. The molecule has 0 radical (unpaired) electrons. The number of halogens is 3. The van der Waals surface area contributed by atoms with Crippen molar-refractivity contribution < 1.29 is 40.7 Å². The van der Waals surface area contributed by atoms with Crippen LogP contribution in [0.4, 0.5) is 13.2 Å². The lowest BCUT2D eigenvalue weighted by Gasteiger charge is -2.07. The molecule has 0 spiro atoms. The molecule has 2 heterocycles. The van der Waals surface area contributed by atoms with Crippen molar-refractivity contribution in [3.63, 3.8) is 0 Å². The van der Waals surface area contributed by atoms with Crippen LogP contribution in [0.1, 0.15) is 11.5 Å². The van der Waals surface area contributed by atoms with E-state index in [1.54, 1.807) is 0 Å². The minimum absolute atomic E-state index is 0.00106. The molecule has 164 valence electrons. The molecule has 3 rings (SSSR count). The van der Waals surface area contributed by atoms with Gasteiger partial charge in [0, 0.05) is 12.3 Å². The first-order valence-corrected chi connectivity index (χ1v) is 10.3. The molecule has 9 nitrogen and oxygen atoms in total. The van der Waals surface area contributed by atoms with Gasteiger partial charge in [-0.05, 0) is 36.4 Å². The molecule has 0 bridgehead atoms. The predicted molar refractivity (Wildman–Crippen MR) is 101 cm³/mol. The Kier molecular flexibility index (Phi) is 5.88. The van der Waals surface area contributed by atoms with Gasteiger partial charge in [0.25, 0.3) is 0 Å². The van der Waals surface area contributed by atoms with E-state index in [1.807, 2.05) is 0 Å². The number of hydrogen-bond acceptors (Lipinski definition) is 7. The summed E-state index contributed by atoms with van der Waals surface area (Å²) in [5, 5.41) is 15.4. The van der Waals surface area contributed by atoms with E-state index in [1.165, 1.54) is 36.4 Å². The lowest BCUT2D eigenvalue weighted by molar-refractivity contribution is -0.142. The first-order chi connectivity index (χ1) is 14.4. The van der Waals surface area contributed by atoms with Gasteiger partial charge in [-0.15, -0.1) is 0 Å². The van der Waals surface area contributed by atoms with Gasteiger partial charge in [-0.2, -0.15) is 18.3 Å². The number of carboxylic acid groups (broad SMARTS) is 1. The van der Waals surface area contributed by atoms with Crippen molar-refractivity contribution in [2.24, 2.45) is 5.16 Å². The molecule has 3 aromatic rings. The maximum Gasteiger partial charge on any atom is 0.435 e. The summed E-state index contributed by atoms with van der Waals surface area (Å²) in [5.41, 5.74) is -1.05. The molecular formula is C18H14F3N3O6S. The number of carboxylic acids is 1. The van der Waals surface area contributed by atoms with Crippen molar-refractivity contribution >= 4 is 22.0 Å². The van der Waals surface area contributed by atoms with E-state index >= 15 is 0 Å². The van der Waals surface area contributed by atoms with Gasteiger partial charge in [0.2, 0.25) is 6.61 Å². The Morgan fingerprint density at radius 3 is 2.52 bits per heavy atom. The van der Waals surface area contributed by atoms with Crippen molar-refractivity contribution in [1.82, 2.24) is 9.78 Å². The second-order valence-electron chi connectivity index (χ2n) is 6.19. The molecule has 0 amide bonds. The van der Waals surface area contributed by atoms with E-state index in [9.17, 15) is 26.4 Å². The fourth-order valence-electron chi connectivity index (χ4n) is 2.47. The fraction of sp³-hybridized carbons (Fsp3) is 0.167. The summed E-state index contributed by atoms with van der Waals surface area (Å²) in [7, 11) is -3.49. The molecule has 0 fully saturated rings. The number of carbonyl (C=O) groups is 1. The molecule has 0 unspecified atom stereocenters. The first-order valence-electron chi connectivity index (χ1n) is 8.40. The van der Waals surface area contributed by atoms with Crippen LogP contribution in [-0.2, 0) is 25.6 Å². The number of sulfone groups is 1. The molecule has 1 aromatic carbocycles. The number of aliphatic carboxylic acids is 1. The van der Waals surface area contributed by atoms with E-state index in [0.29, 0.717) is 0 Å². The lowest BCUT2D eigenvalue weighted by atomic mass is 10.2. The molecule has 0 atom stereocenters. The Bertz CT molecular complexity index is 1230. The highest BCUT2D eigenvalue weighted by Crippen LogP contribution is 2.34. The van der Waals surface area contributed by atoms with Crippen molar-refractivity contribution in [2.45, 2.75) is 11.1 Å². The van der Waals surface area contributed by atoms with Crippen LogP contribution >= 0.6 is 0 Å². The van der Waals surface area contributed by atoms with Crippen LogP contribution < -0.4 is 0 Å². The summed E-state index contributed by atoms with van der Waals surface area (Å²) in [4.78, 5) is 14.9. The van der Waals surface area contributed by atoms with Gasteiger partial charge in [0.05, 0.1) is 10.6 Å². The molecule has 0 aliphatic rings. The molecular weight excluding hydrogens is 443 g/mol. The average Bonchev–Trinajstić information content (AvgIpc) is 3.31. The highest BCUT2D eigenvalue weighted by atomic mass is 32.2. The third kappa shape index (κ3) is 5.31. The van der Waals surface area contributed by atoms with E-state index in [4.69, 9.17) is 9.52 Å². The molecule has 0 aliphatic carbocycles. The Hall–Kier alpha value is -3.61. The van der Waals surface area contributed by atoms with Gasteiger partial charge in [0.15, 0.2) is 21.3 Å². The standard InChI is InChI=1S/C18H14F3N3O6S/c1-31(27,28)13-5-2-11(3-6-13)24-14(8-16(23-24)18(19,20)21)15-7-4-12(30-15)9-22-29-10-17(25)26/h2-9H,10H2,1H3,(H,25,26)/b22-9+. The van der Waals surface area contributed by atoms with Crippen LogP contribution in [0.5, 0.6) is 0 Å². The third-order valence-corrected chi connectivity index (χ3v) is 4.96. The van der Waals surface area contributed by atoms with E-state index in [-0.39, 0.29) is 27.8 Å². The van der Waals surface area contributed by atoms with Crippen LogP contribution in [0, 0.1) is 0 Å². The average molecular weight is 457 g/mol. The molecule has 0 saturated heterocycles. The number of oxime groups is 1. The van der Waals surface area contributed by atoms with Gasteiger partial charge < -0.3 is 14.4 Å². The van der Waals surface area contributed by atoms with Gasteiger partial charge in [-0.3, -0.25) is 0 Å². The summed E-state index contributed by atoms with van der Waals surface area (Å²) in [5.74, 6) is -1.13. The van der Waals surface area contributed by atoms with Gasteiger partial charge in [0.1, 0.15) is 17.7 Å². The molecule has 2 aromatic heterocycles. The number of benzene rings is 1. The normalized spacial score (nSPS) is 12.4. The fourth-order valence-corrected chi connectivity index (χ4v) is 3.10. The summed E-state index contributed by atoms with van der Waals surface area (Å²) in [6, 6.07) is 8.69. The Labute approximate surface area is 173 Å². The van der Waals surface area contributed by atoms with E-state index < -0.39 is 34.3 Å². The predicted octanol–water partition coefficient (Wildman–Crippen LogP) is 2.99. The van der Waals surface area contributed by atoms with Crippen molar-refractivity contribution in [1.29, 1.82) is 0 Å². The zero-order chi connectivity index (χ0) is 22.8. The molecule has 0 saturated carbocycles. The highest BCUT2D eigenvalue weighted by Gasteiger charge is 2.35. The van der Waals surface area contributed by atoms with E-state index in [0.717, 1.165) is 23.2 Å². The van der Waals surface area contributed by atoms with Crippen LogP contribution in [-0.4, -0.2) is 48.4 Å². The zero-order valence-corrected chi connectivity index (χ0v) is 16.5. The molecule has 13 heteroatoms. The monoisotopic (exact) mass is 457 g/mol. The van der Waals surface area contributed by atoms with Crippen LogP contribution in [0.25, 0.3) is 17.1 Å². The largest absolute Gasteiger partial charge is 0.479 e. The number of furan rings is 1. The summed E-state index contributed by atoms with van der Waals surface area (Å²) in [6.07, 6.45) is -2.66. The SMILES string of the molecule is CS(=O)(=O)c1ccc(-n2nc(C(F)(F)F)cc2-c2ccc(/C=N/OCC(=O)O)o2)cc1. The first kappa shape index (κ1) is 22.1. The smallest absolute Gasteiger partial charge is 0.435 e. The third-order valence-electron chi connectivity index (χ3n) is 3.83. The second kappa shape index (κ2) is 8.26. The summed E-state index contributed by atoms with van der Waals surface area (Å²) in [6.45, 7) is -0.671. The number of rotatable bonds is 7. The Balaban J connectivity index is 1.99. The van der Waals surface area contributed by atoms with Gasteiger partial charge in [-0.25, -0.2) is 17.9 Å². The number of nitrogens with zero attached hydrogens (tertiary/aromatic N) is 3. The van der Waals surface area contributed by atoms with Gasteiger partial charge >= 0.3 is 12.1 Å². The number of aromatic nitrogens is 2.